The van der Waals surface area contributed by atoms with Crippen molar-refractivity contribution >= 4 is 5.78 Å². The van der Waals surface area contributed by atoms with Crippen molar-refractivity contribution in [1.29, 1.82) is 0 Å². The van der Waals surface area contributed by atoms with Gasteiger partial charge in [0.05, 0.1) is 6.20 Å². The van der Waals surface area contributed by atoms with Crippen molar-refractivity contribution in [2.24, 2.45) is 5.41 Å². The van der Waals surface area contributed by atoms with Crippen molar-refractivity contribution in [3.05, 3.63) is 17.8 Å². The molecule has 0 bridgehead atoms. The maximum atomic E-state index is 11.5. The number of carbonyl (C=O) groups excluding carboxylic acids is 1. The van der Waals surface area contributed by atoms with Crippen molar-refractivity contribution in [1.82, 2.24) is 4.98 Å². The molecule has 12 heavy (non-hydrogen) atoms. The Hall–Kier alpha value is -1.12. The molecule has 0 aliphatic heterocycles. The number of hydrogen-bond donors (Lipinski definition) is 0. The molecule has 0 aromatic carbocycles. The Morgan fingerprint density at radius 2 is 2.08 bits per heavy atom. The highest BCUT2D eigenvalue weighted by Gasteiger charge is 2.25. The fraction of sp³-hybridized carbons (Fsp3) is 0.556. The second-order valence-corrected chi connectivity index (χ2v) is 3.82. The molecule has 0 saturated heterocycles. The molecular formula is C9H13NO2. The fourth-order valence-electron chi connectivity index (χ4n) is 0.836. The third-order valence-electron chi connectivity index (χ3n) is 1.53. The number of ketones is 1. The number of nitrogens with zero attached hydrogens (tertiary/aromatic N) is 1. The number of hydrogen-bond acceptors (Lipinski definition) is 3. The number of carbonyl (C=O) groups is 1. The number of rotatable bonds is 1. The molecule has 1 aromatic rings. The summed E-state index contributed by atoms with van der Waals surface area (Å²) < 4.78 is 5.11. The van der Waals surface area contributed by atoms with E-state index in [4.69, 9.17) is 4.42 Å². The first kappa shape index (κ1) is 8.97. The highest BCUT2D eigenvalue weighted by Crippen LogP contribution is 2.20. The van der Waals surface area contributed by atoms with Crippen LogP contribution in [0.1, 0.15) is 37.2 Å². The van der Waals surface area contributed by atoms with Crippen LogP contribution in [0.5, 0.6) is 0 Å². The van der Waals surface area contributed by atoms with Gasteiger partial charge in [-0.3, -0.25) is 4.79 Å². The van der Waals surface area contributed by atoms with E-state index in [9.17, 15) is 4.79 Å². The quantitative estimate of drug-likeness (QED) is 0.602. The third-order valence-corrected chi connectivity index (χ3v) is 1.53. The number of aromatic nitrogens is 1. The Kier molecular flexibility index (Phi) is 2.04. The van der Waals surface area contributed by atoms with Crippen molar-refractivity contribution < 1.29 is 9.21 Å². The molecule has 1 aromatic heterocycles. The second-order valence-electron chi connectivity index (χ2n) is 3.82. The zero-order valence-corrected chi connectivity index (χ0v) is 7.84. The van der Waals surface area contributed by atoms with E-state index < -0.39 is 5.41 Å². The summed E-state index contributed by atoms with van der Waals surface area (Å²) in [6.45, 7) is 7.28. The summed E-state index contributed by atoms with van der Waals surface area (Å²) in [4.78, 5) is 15.4. The van der Waals surface area contributed by atoms with Gasteiger partial charge in [0.2, 0.25) is 5.78 Å². The summed E-state index contributed by atoms with van der Waals surface area (Å²) >= 11 is 0. The van der Waals surface area contributed by atoms with E-state index >= 15 is 0 Å². The summed E-state index contributed by atoms with van der Waals surface area (Å²) in [5.74, 6) is 0.866. The molecule has 0 spiro atoms. The minimum absolute atomic E-state index is 0.0110. The average molecular weight is 167 g/mol. The molecular weight excluding hydrogens is 154 g/mol. The third kappa shape index (κ3) is 1.72. The van der Waals surface area contributed by atoms with Gasteiger partial charge in [-0.2, -0.15) is 0 Å². The van der Waals surface area contributed by atoms with Crippen LogP contribution in [0.3, 0.4) is 0 Å². The van der Waals surface area contributed by atoms with Gasteiger partial charge in [-0.05, 0) is 0 Å². The standard InChI is InChI=1S/C9H13NO2/c1-6-10-5-7(12-6)8(11)9(2,3)4/h5H,1-4H3. The molecule has 66 valence electrons. The Morgan fingerprint density at radius 3 is 2.42 bits per heavy atom. The highest BCUT2D eigenvalue weighted by atomic mass is 16.4. The summed E-state index contributed by atoms with van der Waals surface area (Å²) in [5, 5.41) is 0. The van der Waals surface area contributed by atoms with Crippen LogP contribution in [-0.4, -0.2) is 10.8 Å². The second kappa shape index (κ2) is 2.73. The number of oxazole rings is 1. The predicted molar refractivity (Wildman–Crippen MR) is 45.0 cm³/mol. The molecule has 0 aliphatic carbocycles. The first-order valence-electron chi connectivity index (χ1n) is 3.88. The molecule has 0 N–H and O–H groups in total. The van der Waals surface area contributed by atoms with E-state index in [1.807, 2.05) is 20.8 Å². The molecule has 0 atom stereocenters. The van der Waals surface area contributed by atoms with Crippen molar-refractivity contribution in [3.63, 3.8) is 0 Å². The van der Waals surface area contributed by atoms with Crippen LogP contribution < -0.4 is 0 Å². The Balaban J connectivity index is 2.93. The lowest BCUT2D eigenvalue weighted by Crippen LogP contribution is -2.19. The van der Waals surface area contributed by atoms with Gasteiger partial charge in [-0.15, -0.1) is 0 Å². The molecule has 3 nitrogen and oxygen atoms in total. The van der Waals surface area contributed by atoms with Gasteiger partial charge in [0.25, 0.3) is 0 Å². The topological polar surface area (TPSA) is 43.1 Å². The Labute approximate surface area is 71.8 Å². The lowest BCUT2D eigenvalue weighted by atomic mass is 9.90. The van der Waals surface area contributed by atoms with E-state index in [1.165, 1.54) is 6.20 Å². The molecule has 0 unspecified atom stereocenters. The van der Waals surface area contributed by atoms with Crippen LogP contribution in [0.15, 0.2) is 10.6 Å². The maximum Gasteiger partial charge on any atom is 0.204 e. The van der Waals surface area contributed by atoms with Crippen LogP contribution in [0.2, 0.25) is 0 Å². The van der Waals surface area contributed by atoms with E-state index in [1.54, 1.807) is 6.92 Å². The van der Waals surface area contributed by atoms with E-state index in [-0.39, 0.29) is 5.78 Å². The van der Waals surface area contributed by atoms with Gasteiger partial charge in [0.15, 0.2) is 11.7 Å². The molecule has 1 rings (SSSR count). The summed E-state index contributed by atoms with van der Waals surface area (Å²) in [6.07, 6.45) is 1.48. The van der Waals surface area contributed by atoms with Crippen LogP contribution in [0, 0.1) is 12.3 Å². The highest BCUT2D eigenvalue weighted by molar-refractivity contribution is 5.97. The van der Waals surface area contributed by atoms with E-state index in [2.05, 4.69) is 4.98 Å². The van der Waals surface area contributed by atoms with Gasteiger partial charge in [0, 0.05) is 12.3 Å². The van der Waals surface area contributed by atoms with Gasteiger partial charge in [-0.1, -0.05) is 20.8 Å². The van der Waals surface area contributed by atoms with Crippen LogP contribution in [0.25, 0.3) is 0 Å². The van der Waals surface area contributed by atoms with Gasteiger partial charge >= 0.3 is 0 Å². The largest absolute Gasteiger partial charge is 0.438 e. The molecule has 0 radical (unpaired) electrons. The van der Waals surface area contributed by atoms with Gasteiger partial charge < -0.3 is 4.42 Å². The first-order valence-corrected chi connectivity index (χ1v) is 3.88. The molecule has 3 heteroatoms. The van der Waals surface area contributed by atoms with Crippen molar-refractivity contribution in [2.45, 2.75) is 27.7 Å². The number of Topliss-reactive ketones (excluding diaryl/α,β-unsaturated/α-hetero) is 1. The van der Waals surface area contributed by atoms with Gasteiger partial charge in [0.1, 0.15) is 0 Å². The smallest absolute Gasteiger partial charge is 0.204 e. The molecule has 0 fully saturated rings. The SMILES string of the molecule is Cc1ncc(C(=O)C(C)(C)C)o1. The zero-order chi connectivity index (χ0) is 9.35. The number of aryl methyl sites for hydroxylation is 1. The normalized spacial score (nSPS) is 11.7. The molecule has 0 saturated carbocycles. The summed E-state index contributed by atoms with van der Waals surface area (Å²) in [7, 11) is 0. The molecule has 1 heterocycles. The fourth-order valence-corrected chi connectivity index (χ4v) is 0.836. The van der Waals surface area contributed by atoms with Crippen LogP contribution >= 0.6 is 0 Å². The molecule has 0 aliphatic rings. The van der Waals surface area contributed by atoms with Crippen LogP contribution in [0.4, 0.5) is 0 Å². The van der Waals surface area contributed by atoms with E-state index in [0.29, 0.717) is 11.7 Å². The Bertz CT molecular complexity index is 294. The predicted octanol–water partition coefficient (Wildman–Crippen LogP) is 2.21. The first-order chi connectivity index (χ1) is 5.41. The van der Waals surface area contributed by atoms with Gasteiger partial charge in [-0.25, -0.2) is 4.98 Å². The lowest BCUT2D eigenvalue weighted by Gasteiger charge is -2.13. The monoisotopic (exact) mass is 167 g/mol. The zero-order valence-electron chi connectivity index (χ0n) is 7.84. The average Bonchev–Trinajstić information content (AvgIpc) is 2.32. The minimum atomic E-state index is -0.397. The van der Waals surface area contributed by atoms with E-state index in [0.717, 1.165) is 0 Å². The molecule has 0 amide bonds. The minimum Gasteiger partial charge on any atom is -0.438 e. The maximum absolute atomic E-state index is 11.5. The summed E-state index contributed by atoms with van der Waals surface area (Å²) in [6, 6.07) is 0. The lowest BCUT2D eigenvalue weighted by molar-refractivity contribution is 0.0827. The van der Waals surface area contributed by atoms with Crippen molar-refractivity contribution in [2.75, 3.05) is 0 Å². The van der Waals surface area contributed by atoms with Crippen LogP contribution in [-0.2, 0) is 0 Å². The Morgan fingerprint density at radius 1 is 1.50 bits per heavy atom. The summed E-state index contributed by atoms with van der Waals surface area (Å²) in [5.41, 5.74) is -0.397. The van der Waals surface area contributed by atoms with Crippen molar-refractivity contribution in [3.8, 4) is 0 Å².